The van der Waals surface area contributed by atoms with Gasteiger partial charge in [-0.15, -0.1) is 0 Å². The minimum absolute atomic E-state index is 0.0115. The molecule has 8 nitrogen and oxygen atoms in total. The summed E-state index contributed by atoms with van der Waals surface area (Å²) in [5.41, 5.74) is 0.416. The number of thiol groups is 1. The van der Waals surface area contributed by atoms with E-state index in [2.05, 4.69) is 23.3 Å². The Morgan fingerprint density at radius 1 is 1.09 bits per heavy atom. The van der Waals surface area contributed by atoms with Crippen LogP contribution in [0, 0.1) is 0 Å². The average molecular weight is 482 g/mol. The fourth-order valence-corrected chi connectivity index (χ4v) is 3.40. The molecule has 0 bridgehead atoms. The van der Waals surface area contributed by atoms with Gasteiger partial charge < -0.3 is 25.4 Å². The van der Waals surface area contributed by atoms with Crippen molar-refractivity contribution in [2.75, 3.05) is 18.9 Å². The van der Waals surface area contributed by atoms with Gasteiger partial charge >= 0.3 is 6.09 Å². The zero-order valence-electron chi connectivity index (χ0n) is 20.8. The first-order valence-electron chi connectivity index (χ1n) is 11.1. The number of nitrogens with zero attached hydrogens (tertiary/aromatic N) is 1. The number of carbonyl (C=O) groups is 3. The zero-order valence-corrected chi connectivity index (χ0v) is 21.7. The molecule has 1 aromatic carbocycles. The van der Waals surface area contributed by atoms with Crippen LogP contribution in [0.15, 0.2) is 24.3 Å². The Bertz CT molecular complexity index is 800. The molecule has 1 aromatic rings. The highest BCUT2D eigenvalue weighted by molar-refractivity contribution is 7.80. The maximum absolute atomic E-state index is 13.5. The van der Waals surface area contributed by atoms with Crippen LogP contribution in [0.1, 0.15) is 65.6 Å². The lowest BCUT2D eigenvalue weighted by Gasteiger charge is -2.35. The third kappa shape index (κ3) is 9.63. The van der Waals surface area contributed by atoms with Crippen molar-refractivity contribution in [3.8, 4) is 0 Å². The lowest BCUT2D eigenvalue weighted by Crippen LogP contribution is -2.55. The van der Waals surface area contributed by atoms with Crippen LogP contribution in [0.5, 0.6) is 0 Å². The van der Waals surface area contributed by atoms with Gasteiger partial charge in [0, 0.05) is 17.8 Å². The SMILES string of the molecule is CCc1ccc(C(C(=O)NC(C)(C)C)N(CCO)C(=O)C(CS)NC(=O)OC(C)(C)C)cc1. The summed E-state index contributed by atoms with van der Waals surface area (Å²) in [6, 6.07) is 5.38. The molecular formula is C24H39N3O5S. The quantitative estimate of drug-likeness (QED) is 0.406. The van der Waals surface area contributed by atoms with Crippen molar-refractivity contribution in [2.45, 2.75) is 78.1 Å². The predicted octanol–water partition coefficient (Wildman–Crippen LogP) is 2.85. The number of amides is 3. The summed E-state index contributed by atoms with van der Waals surface area (Å²) in [6.07, 6.45) is 0.0711. The molecule has 0 saturated carbocycles. The number of carbonyl (C=O) groups excluding carboxylic acids is 3. The van der Waals surface area contributed by atoms with E-state index in [0.717, 1.165) is 12.0 Å². The molecule has 0 spiro atoms. The maximum atomic E-state index is 13.5. The summed E-state index contributed by atoms with van der Waals surface area (Å²) in [5, 5.41) is 15.2. The minimum Gasteiger partial charge on any atom is -0.444 e. The number of ether oxygens (including phenoxy) is 1. The summed E-state index contributed by atoms with van der Waals surface area (Å²) in [5.74, 6) is -0.940. The van der Waals surface area contributed by atoms with E-state index in [1.807, 2.05) is 39.8 Å². The van der Waals surface area contributed by atoms with Crippen molar-refractivity contribution < 1.29 is 24.2 Å². The van der Waals surface area contributed by atoms with E-state index < -0.39 is 35.2 Å². The van der Waals surface area contributed by atoms with Crippen LogP contribution in [-0.4, -0.2) is 64.0 Å². The molecule has 33 heavy (non-hydrogen) atoms. The topological polar surface area (TPSA) is 108 Å². The lowest BCUT2D eigenvalue weighted by molar-refractivity contribution is -0.143. The Labute approximate surface area is 202 Å². The Balaban J connectivity index is 3.35. The average Bonchev–Trinajstić information content (AvgIpc) is 2.69. The molecule has 3 amide bonds. The summed E-state index contributed by atoms with van der Waals surface area (Å²) in [4.78, 5) is 40.4. The second-order valence-corrected chi connectivity index (χ2v) is 10.2. The summed E-state index contributed by atoms with van der Waals surface area (Å²) >= 11 is 4.23. The molecule has 0 aliphatic carbocycles. The van der Waals surface area contributed by atoms with Gasteiger partial charge in [0.05, 0.1) is 6.61 Å². The number of nitrogens with one attached hydrogen (secondary N) is 2. The Kier molecular flexibility index (Phi) is 10.7. The highest BCUT2D eigenvalue weighted by Crippen LogP contribution is 2.24. The van der Waals surface area contributed by atoms with Gasteiger partial charge in [-0.1, -0.05) is 31.2 Å². The van der Waals surface area contributed by atoms with Gasteiger partial charge in [0.1, 0.15) is 17.7 Å². The van der Waals surface area contributed by atoms with Crippen LogP contribution < -0.4 is 10.6 Å². The van der Waals surface area contributed by atoms with Gasteiger partial charge in [0.15, 0.2) is 0 Å². The minimum atomic E-state index is -1.05. The van der Waals surface area contributed by atoms with Crippen LogP contribution in [0.4, 0.5) is 4.79 Å². The highest BCUT2D eigenvalue weighted by atomic mass is 32.1. The van der Waals surface area contributed by atoms with Gasteiger partial charge in [-0.25, -0.2) is 4.79 Å². The smallest absolute Gasteiger partial charge is 0.408 e. The van der Waals surface area contributed by atoms with Gasteiger partial charge in [0.25, 0.3) is 0 Å². The van der Waals surface area contributed by atoms with E-state index in [4.69, 9.17) is 4.74 Å². The molecule has 0 aliphatic heterocycles. The highest BCUT2D eigenvalue weighted by Gasteiger charge is 2.36. The van der Waals surface area contributed by atoms with Gasteiger partial charge in [-0.3, -0.25) is 9.59 Å². The Morgan fingerprint density at radius 2 is 1.67 bits per heavy atom. The number of hydrogen-bond donors (Lipinski definition) is 4. The van der Waals surface area contributed by atoms with Crippen molar-refractivity contribution in [3.05, 3.63) is 35.4 Å². The molecule has 9 heteroatoms. The van der Waals surface area contributed by atoms with E-state index in [-0.39, 0.29) is 24.8 Å². The molecule has 3 N–H and O–H groups in total. The fraction of sp³-hybridized carbons (Fsp3) is 0.625. The van der Waals surface area contributed by atoms with E-state index in [1.54, 1.807) is 32.9 Å². The van der Waals surface area contributed by atoms with Crippen LogP contribution in [0.25, 0.3) is 0 Å². The number of aryl methyl sites for hydroxylation is 1. The van der Waals surface area contributed by atoms with E-state index in [0.29, 0.717) is 5.56 Å². The van der Waals surface area contributed by atoms with Crippen molar-refractivity contribution in [1.82, 2.24) is 15.5 Å². The number of hydrogen-bond acceptors (Lipinski definition) is 6. The summed E-state index contributed by atoms with van der Waals surface area (Å²) < 4.78 is 5.26. The first-order valence-corrected chi connectivity index (χ1v) is 11.8. The van der Waals surface area contributed by atoms with Crippen molar-refractivity contribution in [1.29, 1.82) is 0 Å². The van der Waals surface area contributed by atoms with E-state index >= 15 is 0 Å². The first-order chi connectivity index (χ1) is 15.2. The maximum Gasteiger partial charge on any atom is 0.408 e. The normalized spacial score (nSPS) is 13.6. The van der Waals surface area contributed by atoms with Gasteiger partial charge in [-0.2, -0.15) is 12.6 Å². The Morgan fingerprint density at radius 3 is 2.09 bits per heavy atom. The molecule has 0 aromatic heterocycles. The largest absolute Gasteiger partial charge is 0.444 e. The molecule has 1 rings (SSSR count). The number of rotatable bonds is 9. The molecule has 0 saturated heterocycles. The van der Waals surface area contributed by atoms with E-state index in [9.17, 15) is 19.5 Å². The number of aliphatic hydroxyl groups excluding tert-OH is 1. The van der Waals surface area contributed by atoms with Crippen LogP contribution >= 0.6 is 12.6 Å². The summed E-state index contributed by atoms with van der Waals surface area (Å²) in [7, 11) is 0. The molecule has 0 aliphatic rings. The number of aliphatic hydroxyl groups is 1. The van der Waals surface area contributed by atoms with Gasteiger partial charge in [0.2, 0.25) is 11.8 Å². The van der Waals surface area contributed by atoms with Crippen molar-refractivity contribution in [3.63, 3.8) is 0 Å². The van der Waals surface area contributed by atoms with Crippen LogP contribution in [0.3, 0.4) is 0 Å². The molecule has 0 heterocycles. The third-order valence-corrected chi connectivity index (χ3v) is 4.92. The van der Waals surface area contributed by atoms with Gasteiger partial charge in [-0.05, 0) is 59.1 Å². The predicted molar refractivity (Wildman–Crippen MR) is 132 cm³/mol. The second kappa shape index (κ2) is 12.3. The second-order valence-electron chi connectivity index (χ2n) is 9.87. The van der Waals surface area contributed by atoms with Crippen molar-refractivity contribution >= 4 is 30.5 Å². The number of alkyl carbamates (subject to hydrolysis) is 1. The lowest BCUT2D eigenvalue weighted by atomic mass is 9.99. The van der Waals surface area contributed by atoms with Crippen molar-refractivity contribution in [2.24, 2.45) is 0 Å². The Hall–Kier alpha value is -2.26. The fourth-order valence-electron chi connectivity index (χ4n) is 3.16. The molecule has 0 radical (unpaired) electrons. The van der Waals surface area contributed by atoms with Crippen LogP contribution in [0.2, 0.25) is 0 Å². The summed E-state index contributed by atoms with van der Waals surface area (Å²) in [6.45, 7) is 12.3. The monoisotopic (exact) mass is 481 g/mol. The van der Waals surface area contributed by atoms with Crippen LogP contribution in [-0.2, 0) is 20.7 Å². The zero-order chi connectivity index (χ0) is 25.4. The third-order valence-electron chi connectivity index (χ3n) is 4.56. The van der Waals surface area contributed by atoms with E-state index in [1.165, 1.54) is 4.90 Å². The molecule has 2 unspecified atom stereocenters. The first kappa shape index (κ1) is 28.8. The molecule has 0 fully saturated rings. The number of benzene rings is 1. The standard InChI is InChI=1S/C24H39N3O5S/c1-8-16-9-11-17(12-10-16)19(20(29)26-23(2,3)4)27(13-14-28)21(30)18(15-33)25-22(31)32-24(5,6)7/h9-12,18-19,28,33H,8,13-15H2,1-7H3,(H,25,31)(H,26,29). The molecule has 2 atom stereocenters. The molecule has 186 valence electrons. The molecular weight excluding hydrogens is 442 g/mol.